The summed E-state index contributed by atoms with van der Waals surface area (Å²) in [5.41, 5.74) is 2.36. The molecule has 1 unspecified atom stereocenters. The average Bonchev–Trinajstić information content (AvgIpc) is 2.47. The largest absolute Gasteiger partial charge is 0.380 e. The Kier molecular flexibility index (Phi) is 4.18. The van der Waals surface area contributed by atoms with Crippen molar-refractivity contribution >= 4 is 5.69 Å². The molecule has 0 spiro atoms. The standard InChI is InChI=1S/C12H23N3/c1-9(2)6-7-10(3)14-12-8-13-15(5)11(12)4/h8-10,14H,6-7H2,1-5H3. The second-order valence-corrected chi connectivity index (χ2v) is 4.78. The van der Waals surface area contributed by atoms with Crippen LogP contribution in [0, 0.1) is 12.8 Å². The van der Waals surface area contributed by atoms with Crippen molar-refractivity contribution in [1.29, 1.82) is 0 Å². The normalized spacial score (nSPS) is 13.2. The molecule has 3 nitrogen and oxygen atoms in total. The molecule has 0 saturated carbocycles. The van der Waals surface area contributed by atoms with E-state index in [4.69, 9.17) is 0 Å². The lowest BCUT2D eigenvalue weighted by atomic mass is 10.0. The van der Waals surface area contributed by atoms with Gasteiger partial charge in [0, 0.05) is 13.1 Å². The van der Waals surface area contributed by atoms with Gasteiger partial charge >= 0.3 is 0 Å². The molecule has 0 aliphatic rings. The van der Waals surface area contributed by atoms with Crippen LogP contribution in [0.4, 0.5) is 5.69 Å². The van der Waals surface area contributed by atoms with Crippen LogP contribution in [0.2, 0.25) is 0 Å². The number of anilines is 1. The zero-order chi connectivity index (χ0) is 11.4. The molecule has 1 aromatic heterocycles. The zero-order valence-electron chi connectivity index (χ0n) is 10.5. The SMILES string of the molecule is Cc1c(NC(C)CCC(C)C)cnn1C. The summed E-state index contributed by atoms with van der Waals surface area (Å²) in [7, 11) is 1.97. The van der Waals surface area contributed by atoms with Gasteiger partial charge in [-0.3, -0.25) is 4.68 Å². The Morgan fingerprint density at radius 1 is 1.33 bits per heavy atom. The molecule has 0 bridgehead atoms. The summed E-state index contributed by atoms with van der Waals surface area (Å²) in [6.07, 6.45) is 4.39. The number of aryl methyl sites for hydroxylation is 1. The van der Waals surface area contributed by atoms with Crippen LogP contribution in [0.25, 0.3) is 0 Å². The van der Waals surface area contributed by atoms with Crippen molar-refractivity contribution in [3.8, 4) is 0 Å². The number of aromatic nitrogens is 2. The van der Waals surface area contributed by atoms with Gasteiger partial charge in [0.05, 0.1) is 17.6 Å². The average molecular weight is 209 g/mol. The van der Waals surface area contributed by atoms with Crippen LogP contribution in [-0.4, -0.2) is 15.8 Å². The number of rotatable bonds is 5. The second-order valence-electron chi connectivity index (χ2n) is 4.78. The first-order valence-electron chi connectivity index (χ1n) is 5.75. The van der Waals surface area contributed by atoms with E-state index in [1.165, 1.54) is 18.5 Å². The molecule has 15 heavy (non-hydrogen) atoms. The van der Waals surface area contributed by atoms with Gasteiger partial charge in [0.25, 0.3) is 0 Å². The lowest BCUT2D eigenvalue weighted by Crippen LogP contribution is -2.16. The van der Waals surface area contributed by atoms with Gasteiger partial charge in [-0.2, -0.15) is 5.10 Å². The molecular weight excluding hydrogens is 186 g/mol. The Labute approximate surface area is 92.9 Å². The topological polar surface area (TPSA) is 29.9 Å². The molecule has 1 aromatic rings. The maximum atomic E-state index is 4.22. The van der Waals surface area contributed by atoms with E-state index in [-0.39, 0.29) is 0 Å². The van der Waals surface area contributed by atoms with Crippen LogP contribution in [0.3, 0.4) is 0 Å². The van der Waals surface area contributed by atoms with Gasteiger partial charge in [-0.05, 0) is 32.6 Å². The first-order chi connectivity index (χ1) is 7.00. The van der Waals surface area contributed by atoms with Crippen LogP contribution in [0.15, 0.2) is 6.20 Å². The molecular formula is C12H23N3. The summed E-state index contributed by atoms with van der Waals surface area (Å²) in [4.78, 5) is 0. The number of hydrogen-bond donors (Lipinski definition) is 1. The minimum absolute atomic E-state index is 0.523. The van der Waals surface area contributed by atoms with Gasteiger partial charge in [0.15, 0.2) is 0 Å². The van der Waals surface area contributed by atoms with E-state index in [9.17, 15) is 0 Å². The van der Waals surface area contributed by atoms with E-state index in [2.05, 4.69) is 38.1 Å². The Bertz CT molecular complexity index is 302. The van der Waals surface area contributed by atoms with E-state index < -0.39 is 0 Å². The van der Waals surface area contributed by atoms with Crippen LogP contribution in [0.5, 0.6) is 0 Å². The summed E-state index contributed by atoms with van der Waals surface area (Å²) in [6, 6.07) is 0.523. The fraction of sp³-hybridized carbons (Fsp3) is 0.750. The summed E-state index contributed by atoms with van der Waals surface area (Å²) in [6.45, 7) is 8.85. The van der Waals surface area contributed by atoms with Gasteiger partial charge in [-0.1, -0.05) is 13.8 Å². The van der Waals surface area contributed by atoms with E-state index in [1.807, 2.05) is 17.9 Å². The van der Waals surface area contributed by atoms with Crippen molar-refractivity contribution in [3.05, 3.63) is 11.9 Å². The Morgan fingerprint density at radius 3 is 2.47 bits per heavy atom. The molecule has 0 aliphatic heterocycles. The van der Waals surface area contributed by atoms with Crippen LogP contribution < -0.4 is 5.32 Å². The minimum atomic E-state index is 0.523. The molecule has 1 heterocycles. The summed E-state index contributed by atoms with van der Waals surface area (Å²) >= 11 is 0. The maximum absolute atomic E-state index is 4.22. The molecule has 1 N–H and O–H groups in total. The first-order valence-corrected chi connectivity index (χ1v) is 5.75. The third-order valence-electron chi connectivity index (χ3n) is 2.81. The summed E-state index contributed by atoms with van der Waals surface area (Å²) in [5.74, 6) is 0.782. The fourth-order valence-electron chi connectivity index (χ4n) is 1.56. The van der Waals surface area contributed by atoms with Gasteiger partial charge in [0.1, 0.15) is 0 Å². The quantitative estimate of drug-likeness (QED) is 0.808. The predicted octanol–water partition coefficient (Wildman–Crippen LogP) is 2.97. The van der Waals surface area contributed by atoms with E-state index in [0.717, 1.165) is 11.6 Å². The minimum Gasteiger partial charge on any atom is -0.380 e. The number of nitrogens with zero attached hydrogens (tertiary/aromatic N) is 2. The fourth-order valence-corrected chi connectivity index (χ4v) is 1.56. The highest BCUT2D eigenvalue weighted by Gasteiger charge is 2.07. The van der Waals surface area contributed by atoms with Crippen LogP contribution in [0.1, 0.15) is 39.3 Å². The van der Waals surface area contributed by atoms with Gasteiger partial charge in [-0.15, -0.1) is 0 Å². The number of nitrogens with one attached hydrogen (secondary N) is 1. The Hall–Kier alpha value is -0.990. The van der Waals surface area contributed by atoms with Crippen LogP contribution in [-0.2, 0) is 7.05 Å². The first kappa shape index (κ1) is 12.1. The molecule has 0 aromatic carbocycles. The van der Waals surface area contributed by atoms with Gasteiger partial charge < -0.3 is 5.32 Å². The highest BCUT2D eigenvalue weighted by atomic mass is 15.3. The monoisotopic (exact) mass is 209 g/mol. The van der Waals surface area contributed by atoms with Crippen LogP contribution >= 0.6 is 0 Å². The summed E-state index contributed by atoms with van der Waals surface area (Å²) < 4.78 is 1.90. The predicted molar refractivity (Wildman–Crippen MR) is 65.1 cm³/mol. The molecule has 0 amide bonds. The molecule has 0 radical (unpaired) electrons. The van der Waals surface area contributed by atoms with Crippen molar-refractivity contribution in [2.75, 3.05) is 5.32 Å². The van der Waals surface area contributed by atoms with Gasteiger partial charge in [0.2, 0.25) is 0 Å². The lowest BCUT2D eigenvalue weighted by Gasteiger charge is -2.15. The second kappa shape index (κ2) is 5.19. The highest BCUT2D eigenvalue weighted by molar-refractivity contribution is 5.46. The molecule has 0 saturated heterocycles. The molecule has 1 atom stereocenters. The van der Waals surface area contributed by atoms with Gasteiger partial charge in [-0.25, -0.2) is 0 Å². The third kappa shape index (κ3) is 3.57. The van der Waals surface area contributed by atoms with Crippen molar-refractivity contribution < 1.29 is 0 Å². The Morgan fingerprint density at radius 2 is 2.00 bits per heavy atom. The zero-order valence-corrected chi connectivity index (χ0v) is 10.5. The number of hydrogen-bond acceptors (Lipinski definition) is 2. The summed E-state index contributed by atoms with van der Waals surface area (Å²) in [5, 5.41) is 7.72. The van der Waals surface area contributed by atoms with Crippen molar-refractivity contribution in [2.24, 2.45) is 13.0 Å². The molecule has 1 rings (SSSR count). The molecule has 3 heteroatoms. The Balaban J connectivity index is 2.44. The smallest absolute Gasteiger partial charge is 0.0758 e. The van der Waals surface area contributed by atoms with E-state index in [1.54, 1.807) is 0 Å². The molecule has 0 fully saturated rings. The van der Waals surface area contributed by atoms with Crippen molar-refractivity contribution in [3.63, 3.8) is 0 Å². The lowest BCUT2D eigenvalue weighted by molar-refractivity contribution is 0.527. The van der Waals surface area contributed by atoms with E-state index in [0.29, 0.717) is 6.04 Å². The van der Waals surface area contributed by atoms with Crippen molar-refractivity contribution in [1.82, 2.24) is 9.78 Å². The maximum Gasteiger partial charge on any atom is 0.0758 e. The third-order valence-corrected chi connectivity index (χ3v) is 2.81. The van der Waals surface area contributed by atoms with Crippen molar-refractivity contribution in [2.45, 2.75) is 46.6 Å². The molecule has 86 valence electrons. The highest BCUT2D eigenvalue weighted by Crippen LogP contribution is 2.16. The molecule has 0 aliphatic carbocycles. The van der Waals surface area contributed by atoms with E-state index >= 15 is 0 Å².